The first-order valence-electron chi connectivity index (χ1n) is 3.43. The standard InChI is InChI=1S/C7H13NOS/c1-9-5-6-3-7(10-2)8-4-6/h6H,3-5H2,1-2H3/t6-/m1/s1. The second-order valence-electron chi connectivity index (χ2n) is 2.46. The Bertz CT molecular complexity index is 136. The molecule has 0 bridgehead atoms. The molecule has 0 aromatic carbocycles. The Balaban J connectivity index is 2.22. The zero-order valence-electron chi connectivity index (χ0n) is 6.46. The van der Waals surface area contributed by atoms with Crippen LogP contribution in [0.3, 0.4) is 0 Å². The Labute approximate surface area is 66.1 Å². The molecular formula is C7H13NOS. The van der Waals surface area contributed by atoms with Crippen LogP contribution in [-0.4, -0.2) is 31.6 Å². The molecule has 0 radical (unpaired) electrons. The third-order valence-electron chi connectivity index (χ3n) is 1.63. The molecular weight excluding hydrogens is 146 g/mol. The van der Waals surface area contributed by atoms with E-state index in [1.807, 2.05) is 0 Å². The van der Waals surface area contributed by atoms with Crippen molar-refractivity contribution >= 4 is 16.8 Å². The van der Waals surface area contributed by atoms with Gasteiger partial charge in [0.15, 0.2) is 0 Å². The van der Waals surface area contributed by atoms with Crippen LogP contribution in [0.25, 0.3) is 0 Å². The molecule has 0 N–H and O–H groups in total. The van der Waals surface area contributed by atoms with E-state index in [4.69, 9.17) is 4.74 Å². The summed E-state index contributed by atoms with van der Waals surface area (Å²) in [5, 5.41) is 1.28. The summed E-state index contributed by atoms with van der Waals surface area (Å²) in [6.45, 7) is 1.82. The predicted octanol–water partition coefficient (Wildman–Crippen LogP) is 1.41. The van der Waals surface area contributed by atoms with Gasteiger partial charge in [0.25, 0.3) is 0 Å². The molecule has 1 aliphatic rings. The van der Waals surface area contributed by atoms with Gasteiger partial charge in [-0.25, -0.2) is 0 Å². The Morgan fingerprint density at radius 2 is 2.60 bits per heavy atom. The highest BCUT2D eigenvalue weighted by Crippen LogP contribution is 2.19. The fourth-order valence-electron chi connectivity index (χ4n) is 1.10. The van der Waals surface area contributed by atoms with Gasteiger partial charge in [-0.2, -0.15) is 0 Å². The van der Waals surface area contributed by atoms with Gasteiger partial charge >= 0.3 is 0 Å². The Kier molecular flexibility index (Phi) is 3.22. The highest BCUT2D eigenvalue weighted by atomic mass is 32.2. The lowest BCUT2D eigenvalue weighted by Crippen LogP contribution is -2.08. The average Bonchev–Trinajstić information content (AvgIpc) is 2.37. The van der Waals surface area contributed by atoms with Crippen LogP contribution in [0, 0.1) is 5.92 Å². The van der Waals surface area contributed by atoms with Gasteiger partial charge in [0.1, 0.15) is 0 Å². The maximum Gasteiger partial charge on any atom is 0.0677 e. The number of rotatable bonds is 2. The predicted molar refractivity (Wildman–Crippen MR) is 45.8 cm³/mol. The maximum absolute atomic E-state index is 5.04. The van der Waals surface area contributed by atoms with Crippen molar-refractivity contribution in [2.24, 2.45) is 10.9 Å². The first-order chi connectivity index (χ1) is 4.86. The molecule has 10 heavy (non-hydrogen) atoms. The largest absolute Gasteiger partial charge is 0.384 e. The molecule has 0 aromatic heterocycles. The van der Waals surface area contributed by atoms with Gasteiger partial charge in [-0.05, 0) is 6.26 Å². The second kappa shape index (κ2) is 3.98. The SMILES string of the molecule is COC[C@H]1CN=C(SC)C1. The van der Waals surface area contributed by atoms with E-state index in [2.05, 4.69) is 11.2 Å². The summed E-state index contributed by atoms with van der Waals surface area (Å²) in [5.74, 6) is 0.646. The number of hydrogen-bond donors (Lipinski definition) is 0. The topological polar surface area (TPSA) is 21.6 Å². The van der Waals surface area contributed by atoms with Crippen LogP contribution in [0.5, 0.6) is 0 Å². The maximum atomic E-state index is 5.04. The number of methoxy groups -OCH3 is 1. The van der Waals surface area contributed by atoms with E-state index in [1.165, 1.54) is 5.04 Å². The zero-order valence-corrected chi connectivity index (χ0v) is 7.28. The molecule has 0 fully saturated rings. The van der Waals surface area contributed by atoms with Gasteiger partial charge in [0, 0.05) is 26.0 Å². The molecule has 1 rings (SSSR count). The lowest BCUT2D eigenvalue weighted by Gasteiger charge is -2.04. The van der Waals surface area contributed by atoms with Crippen molar-refractivity contribution in [2.75, 3.05) is 26.5 Å². The van der Waals surface area contributed by atoms with Gasteiger partial charge in [-0.1, -0.05) is 0 Å². The van der Waals surface area contributed by atoms with Crippen molar-refractivity contribution in [2.45, 2.75) is 6.42 Å². The minimum Gasteiger partial charge on any atom is -0.384 e. The van der Waals surface area contributed by atoms with E-state index in [9.17, 15) is 0 Å². The van der Waals surface area contributed by atoms with Gasteiger partial charge in [0.2, 0.25) is 0 Å². The summed E-state index contributed by atoms with van der Waals surface area (Å²) in [5.41, 5.74) is 0. The molecule has 1 heterocycles. The summed E-state index contributed by atoms with van der Waals surface area (Å²) < 4.78 is 5.04. The van der Waals surface area contributed by atoms with E-state index in [0.717, 1.165) is 19.6 Å². The molecule has 3 heteroatoms. The van der Waals surface area contributed by atoms with Gasteiger partial charge in [-0.15, -0.1) is 11.8 Å². The number of ether oxygens (including phenoxy) is 1. The first kappa shape index (κ1) is 8.08. The van der Waals surface area contributed by atoms with E-state index >= 15 is 0 Å². The van der Waals surface area contributed by atoms with Crippen molar-refractivity contribution < 1.29 is 4.74 Å². The van der Waals surface area contributed by atoms with E-state index < -0.39 is 0 Å². The third kappa shape index (κ3) is 1.99. The fourth-order valence-corrected chi connectivity index (χ4v) is 1.71. The van der Waals surface area contributed by atoms with Gasteiger partial charge < -0.3 is 4.74 Å². The molecule has 0 aliphatic carbocycles. The van der Waals surface area contributed by atoms with Gasteiger partial charge in [-0.3, -0.25) is 4.99 Å². The second-order valence-corrected chi connectivity index (χ2v) is 3.34. The number of thioether (sulfide) groups is 1. The summed E-state index contributed by atoms with van der Waals surface area (Å²) in [6.07, 6.45) is 3.20. The molecule has 58 valence electrons. The van der Waals surface area contributed by atoms with E-state index in [-0.39, 0.29) is 0 Å². The van der Waals surface area contributed by atoms with Crippen LogP contribution >= 0.6 is 11.8 Å². The van der Waals surface area contributed by atoms with Crippen LogP contribution in [-0.2, 0) is 4.74 Å². The van der Waals surface area contributed by atoms with E-state index in [1.54, 1.807) is 18.9 Å². The molecule has 0 saturated heterocycles. The Morgan fingerprint density at radius 3 is 3.10 bits per heavy atom. The van der Waals surface area contributed by atoms with Crippen LogP contribution in [0.2, 0.25) is 0 Å². The Morgan fingerprint density at radius 1 is 1.80 bits per heavy atom. The number of nitrogens with zero attached hydrogens (tertiary/aromatic N) is 1. The molecule has 1 aliphatic heterocycles. The van der Waals surface area contributed by atoms with E-state index in [0.29, 0.717) is 5.92 Å². The van der Waals surface area contributed by atoms with Crippen molar-refractivity contribution in [3.8, 4) is 0 Å². The number of aliphatic imine (C=N–C) groups is 1. The minimum absolute atomic E-state index is 0.646. The van der Waals surface area contributed by atoms with Crippen LogP contribution < -0.4 is 0 Å². The highest BCUT2D eigenvalue weighted by molar-refractivity contribution is 8.13. The molecule has 2 nitrogen and oxygen atoms in total. The first-order valence-corrected chi connectivity index (χ1v) is 4.65. The summed E-state index contributed by atoms with van der Waals surface area (Å²) in [6, 6.07) is 0. The van der Waals surface area contributed by atoms with Gasteiger partial charge in [0.05, 0.1) is 11.7 Å². The zero-order chi connectivity index (χ0) is 7.40. The van der Waals surface area contributed by atoms with Crippen molar-refractivity contribution in [3.05, 3.63) is 0 Å². The van der Waals surface area contributed by atoms with Crippen molar-refractivity contribution in [3.63, 3.8) is 0 Å². The molecule has 0 saturated carbocycles. The smallest absolute Gasteiger partial charge is 0.0677 e. The van der Waals surface area contributed by atoms with Crippen LogP contribution in [0.4, 0.5) is 0 Å². The van der Waals surface area contributed by atoms with Crippen molar-refractivity contribution in [1.29, 1.82) is 0 Å². The van der Waals surface area contributed by atoms with Crippen molar-refractivity contribution in [1.82, 2.24) is 0 Å². The molecule has 0 unspecified atom stereocenters. The molecule has 0 spiro atoms. The minimum atomic E-state index is 0.646. The monoisotopic (exact) mass is 159 g/mol. The number of hydrogen-bond acceptors (Lipinski definition) is 3. The third-order valence-corrected chi connectivity index (χ3v) is 2.39. The average molecular weight is 159 g/mol. The van der Waals surface area contributed by atoms with Crippen LogP contribution in [0.1, 0.15) is 6.42 Å². The normalized spacial score (nSPS) is 25.0. The lowest BCUT2D eigenvalue weighted by molar-refractivity contribution is 0.161. The lowest BCUT2D eigenvalue weighted by atomic mass is 10.1. The summed E-state index contributed by atoms with van der Waals surface area (Å²) >= 11 is 1.76. The van der Waals surface area contributed by atoms with Crippen LogP contribution in [0.15, 0.2) is 4.99 Å². The molecule has 1 atom stereocenters. The Hall–Kier alpha value is -0.0200. The molecule has 0 aromatic rings. The summed E-state index contributed by atoms with van der Waals surface area (Å²) in [4.78, 5) is 4.35. The summed E-state index contributed by atoms with van der Waals surface area (Å²) in [7, 11) is 1.75. The highest BCUT2D eigenvalue weighted by Gasteiger charge is 2.16. The quantitative estimate of drug-likeness (QED) is 0.607. The molecule has 0 amide bonds. The fraction of sp³-hybridized carbons (Fsp3) is 0.857.